The van der Waals surface area contributed by atoms with E-state index in [-0.39, 0.29) is 24.5 Å². The van der Waals surface area contributed by atoms with Gasteiger partial charge in [-0.2, -0.15) is 4.31 Å². The molecule has 3 rings (SSSR count). The normalized spacial score (nSPS) is 20.4. The second kappa shape index (κ2) is 9.21. The van der Waals surface area contributed by atoms with Gasteiger partial charge in [0.15, 0.2) is 0 Å². The van der Waals surface area contributed by atoms with Crippen molar-refractivity contribution in [1.29, 1.82) is 0 Å². The highest BCUT2D eigenvalue weighted by Crippen LogP contribution is 2.24. The number of anilines is 1. The van der Waals surface area contributed by atoms with Crippen molar-refractivity contribution in [2.45, 2.75) is 33.0 Å². The minimum atomic E-state index is -3.45. The summed E-state index contributed by atoms with van der Waals surface area (Å²) < 4.78 is 32.0. The fraction of sp³-hybridized carbons (Fsp3) is 0.474. The maximum atomic E-state index is 12.5. The molecule has 2 heterocycles. The number of aromatic nitrogens is 1. The first-order chi connectivity index (χ1) is 13.7. The van der Waals surface area contributed by atoms with Gasteiger partial charge >= 0.3 is 6.03 Å². The molecule has 1 aliphatic heterocycles. The van der Waals surface area contributed by atoms with Gasteiger partial charge in [-0.3, -0.25) is 0 Å². The zero-order valence-corrected chi connectivity index (χ0v) is 18.3. The highest BCUT2D eigenvalue weighted by molar-refractivity contribution is 7.89. The highest BCUT2D eigenvalue weighted by Gasteiger charge is 2.30. The van der Waals surface area contributed by atoms with Gasteiger partial charge in [-0.25, -0.2) is 18.2 Å². The maximum absolute atomic E-state index is 12.5. The first-order valence-electron chi connectivity index (χ1n) is 9.43. The van der Waals surface area contributed by atoms with E-state index in [9.17, 15) is 13.2 Å². The van der Waals surface area contributed by atoms with Crippen LogP contribution in [0.3, 0.4) is 0 Å². The number of amides is 2. The predicted octanol–water partition coefficient (Wildman–Crippen LogP) is 2.68. The number of carbonyl (C=O) groups excluding carboxylic acids is 1. The number of benzene rings is 1. The smallest absolute Gasteiger partial charge is 0.319 e. The zero-order valence-electron chi connectivity index (χ0n) is 16.7. The minimum absolute atomic E-state index is 0.0270. The molecule has 1 fully saturated rings. The molecule has 0 saturated carbocycles. The molecule has 0 bridgehead atoms. The van der Waals surface area contributed by atoms with E-state index in [1.54, 1.807) is 17.4 Å². The molecule has 2 aromatic rings. The number of sulfonamides is 1. The largest absolute Gasteiger partial charge is 0.373 e. The Morgan fingerprint density at radius 1 is 1.31 bits per heavy atom. The van der Waals surface area contributed by atoms with Gasteiger partial charge in [-0.1, -0.05) is 12.1 Å². The Bertz CT molecular complexity index is 951. The van der Waals surface area contributed by atoms with E-state index in [2.05, 4.69) is 15.6 Å². The summed E-state index contributed by atoms with van der Waals surface area (Å²) in [6, 6.07) is 6.92. The molecule has 0 aliphatic carbocycles. The van der Waals surface area contributed by atoms with E-state index in [1.807, 2.05) is 44.4 Å². The van der Waals surface area contributed by atoms with Crippen molar-refractivity contribution < 1.29 is 17.9 Å². The minimum Gasteiger partial charge on any atom is -0.373 e. The van der Waals surface area contributed by atoms with Crippen LogP contribution < -0.4 is 10.6 Å². The van der Waals surface area contributed by atoms with Gasteiger partial charge < -0.3 is 15.4 Å². The third kappa shape index (κ3) is 5.99. The van der Waals surface area contributed by atoms with Crippen molar-refractivity contribution in [2.75, 3.05) is 30.7 Å². The van der Waals surface area contributed by atoms with Crippen molar-refractivity contribution in [3.05, 3.63) is 34.7 Å². The average Bonchev–Trinajstić information content (AvgIpc) is 3.07. The lowest BCUT2D eigenvalue weighted by atomic mass is 10.1. The number of nitrogens with one attached hydrogen (secondary N) is 2. The topological polar surface area (TPSA) is 101 Å². The SMILES string of the molecule is Cc1nc(-c2cccc(NC(=O)NCCS(=O)(=O)N3CC(C)OC(C)C3)c2)cs1. The molecule has 2 unspecified atom stereocenters. The number of morpholine rings is 1. The van der Waals surface area contributed by atoms with Crippen LogP contribution in [-0.4, -0.2) is 61.3 Å². The van der Waals surface area contributed by atoms with Gasteiger partial charge in [0.05, 0.1) is 28.7 Å². The molecule has 0 spiro atoms. The van der Waals surface area contributed by atoms with E-state index in [0.29, 0.717) is 18.8 Å². The van der Waals surface area contributed by atoms with Crippen LogP contribution in [0.1, 0.15) is 18.9 Å². The Hall–Kier alpha value is -2.01. The highest BCUT2D eigenvalue weighted by atomic mass is 32.2. The van der Waals surface area contributed by atoms with Gasteiger partial charge in [0.1, 0.15) is 0 Å². The Morgan fingerprint density at radius 2 is 2.03 bits per heavy atom. The number of aryl methyl sites for hydroxylation is 1. The molecule has 2 amide bonds. The maximum Gasteiger partial charge on any atom is 0.319 e. The third-order valence-electron chi connectivity index (χ3n) is 4.46. The first kappa shape index (κ1) is 21.7. The molecule has 2 atom stereocenters. The van der Waals surface area contributed by atoms with Gasteiger partial charge in [0.2, 0.25) is 10.0 Å². The standard InChI is InChI=1S/C19H26N4O4S2/c1-13-10-23(11-14(2)27-13)29(25,26)8-7-20-19(24)22-17-6-4-5-16(9-17)18-12-28-15(3)21-18/h4-6,9,12-14H,7-8,10-11H2,1-3H3,(H2,20,22,24). The van der Waals surface area contributed by atoms with Crippen LogP contribution in [0.2, 0.25) is 0 Å². The molecule has 2 N–H and O–H groups in total. The average molecular weight is 439 g/mol. The van der Waals surface area contributed by atoms with Crippen molar-refractivity contribution in [3.63, 3.8) is 0 Å². The Kier molecular flexibility index (Phi) is 6.89. The number of ether oxygens (including phenoxy) is 1. The number of urea groups is 1. The molecule has 8 nitrogen and oxygen atoms in total. The van der Waals surface area contributed by atoms with Crippen molar-refractivity contribution >= 4 is 33.1 Å². The summed E-state index contributed by atoms with van der Waals surface area (Å²) in [4.78, 5) is 16.6. The lowest BCUT2D eigenvalue weighted by Crippen LogP contribution is -2.49. The monoisotopic (exact) mass is 438 g/mol. The van der Waals surface area contributed by atoms with Crippen LogP contribution in [0.5, 0.6) is 0 Å². The molecule has 29 heavy (non-hydrogen) atoms. The number of hydrogen-bond acceptors (Lipinski definition) is 6. The number of hydrogen-bond donors (Lipinski definition) is 2. The van der Waals surface area contributed by atoms with E-state index in [0.717, 1.165) is 16.3 Å². The fourth-order valence-electron chi connectivity index (χ4n) is 3.21. The van der Waals surface area contributed by atoms with Crippen LogP contribution in [0.4, 0.5) is 10.5 Å². The van der Waals surface area contributed by atoms with E-state index in [4.69, 9.17) is 4.74 Å². The molecule has 1 aliphatic rings. The van der Waals surface area contributed by atoms with Crippen LogP contribution in [0, 0.1) is 6.92 Å². The molecule has 0 radical (unpaired) electrons. The number of rotatable bonds is 6. The van der Waals surface area contributed by atoms with Crippen LogP contribution in [0.15, 0.2) is 29.6 Å². The lowest BCUT2D eigenvalue weighted by molar-refractivity contribution is -0.0440. The van der Waals surface area contributed by atoms with Crippen LogP contribution in [0.25, 0.3) is 11.3 Å². The second-order valence-electron chi connectivity index (χ2n) is 7.10. The lowest BCUT2D eigenvalue weighted by Gasteiger charge is -2.34. The summed E-state index contributed by atoms with van der Waals surface area (Å²) >= 11 is 1.56. The molecule has 158 valence electrons. The van der Waals surface area contributed by atoms with Gasteiger partial charge in [0.25, 0.3) is 0 Å². The summed E-state index contributed by atoms with van der Waals surface area (Å²) in [5, 5.41) is 8.29. The zero-order chi connectivity index (χ0) is 21.0. The second-order valence-corrected chi connectivity index (χ2v) is 10.3. The Morgan fingerprint density at radius 3 is 2.69 bits per heavy atom. The summed E-state index contributed by atoms with van der Waals surface area (Å²) in [6.45, 7) is 6.34. The van der Waals surface area contributed by atoms with E-state index >= 15 is 0 Å². The molecular weight excluding hydrogens is 412 g/mol. The predicted molar refractivity (Wildman–Crippen MR) is 115 cm³/mol. The van der Waals surface area contributed by atoms with Crippen molar-refractivity contribution in [3.8, 4) is 11.3 Å². The summed E-state index contributed by atoms with van der Waals surface area (Å²) in [5.74, 6) is -0.155. The molecular formula is C19H26N4O4S2. The quantitative estimate of drug-likeness (QED) is 0.722. The molecule has 1 aromatic heterocycles. The summed E-state index contributed by atoms with van der Waals surface area (Å²) in [7, 11) is -3.45. The number of nitrogens with zero attached hydrogens (tertiary/aromatic N) is 2. The van der Waals surface area contributed by atoms with Gasteiger partial charge in [0, 0.05) is 36.3 Å². The summed E-state index contributed by atoms with van der Waals surface area (Å²) in [5.41, 5.74) is 2.38. The fourth-order valence-corrected chi connectivity index (χ4v) is 5.32. The molecule has 1 aromatic carbocycles. The first-order valence-corrected chi connectivity index (χ1v) is 11.9. The van der Waals surface area contributed by atoms with E-state index in [1.165, 1.54) is 4.31 Å². The third-order valence-corrected chi connectivity index (χ3v) is 7.04. The van der Waals surface area contributed by atoms with E-state index < -0.39 is 16.1 Å². The Balaban J connectivity index is 1.51. The van der Waals surface area contributed by atoms with Gasteiger partial charge in [-0.15, -0.1) is 11.3 Å². The number of carbonyl (C=O) groups is 1. The van der Waals surface area contributed by atoms with Crippen LogP contribution >= 0.6 is 11.3 Å². The van der Waals surface area contributed by atoms with Crippen molar-refractivity contribution in [2.24, 2.45) is 0 Å². The Labute approximate surface area is 175 Å². The molecule has 1 saturated heterocycles. The molecule has 10 heteroatoms. The van der Waals surface area contributed by atoms with Crippen LogP contribution in [-0.2, 0) is 14.8 Å². The summed E-state index contributed by atoms with van der Waals surface area (Å²) in [6.07, 6.45) is -0.280. The number of thiazole rings is 1. The van der Waals surface area contributed by atoms with Gasteiger partial charge in [-0.05, 0) is 32.9 Å². The van der Waals surface area contributed by atoms with Crippen molar-refractivity contribution in [1.82, 2.24) is 14.6 Å².